The van der Waals surface area contributed by atoms with Crippen LogP contribution >= 0.6 is 35.1 Å². The quantitative estimate of drug-likeness (QED) is 0.769. The Morgan fingerprint density at radius 1 is 1.20 bits per heavy atom. The highest BCUT2D eigenvalue weighted by molar-refractivity contribution is 8.01. The van der Waals surface area contributed by atoms with E-state index in [1.54, 1.807) is 18.0 Å². The van der Waals surface area contributed by atoms with Gasteiger partial charge in [0.05, 0.1) is 15.7 Å². The minimum absolute atomic E-state index is 0.605. The normalized spacial score (nSPS) is 16.9. The number of anilines is 1. The monoisotopic (exact) mass is 261 g/mol. The van der Waals surface area contributed by atoms with Gasteiger partial charge in [-0.25, -0.2) is 0 Å². The van der Waals surface area contributed by atoms with Gasteiger partial charge in [0.2, 0.25) is 0 Å². The van der Waals surface area contributed by atoms with Crippen LogP contribution in [-0.2, 0) is 0 Å². The molecular formula is C11H13Cl2NS. The van der Waals surface area contributed by atoms with Gasteiger partial charge >= 0.3 is 0 Å². The van der Waals surface area contributed by atoms with E-state index in [4.69, 9.17) is 23.2 Å². The van der Waals surface area contributed by atoms with Crippen molar-refractivity contribution < 1.29 is 0 Å². The lowest BCUT2D eigenvalue weighted by Gasteiger charge is -2.12. The molecule has 1 aromatic carbocycles. The Balaban J connectivity index is 1.95. The van der Waals surface area contributed by atoms with E-state index in [1.165, 1.54) is 25.7 Å². The second kappa shape index (κ2) is 5.33. The van der Waals surface area contributed by atoms with Gasteiger partial charge in [0.25, 0.3) is 0 Å². The van der Waals surface area contributed by atoms with Crippen LogP contribution in [0.5, 0.6) is 0 Å². The van der Waals surface area contributed by atoms with Crippen molar-refractivity contribution in [3.8, 4) is 0 Å². The Labute approximate surface area is 105 Å². The summed E-state index contributed by atoms with van der Waals surface area (Å²) in [5.41, 5.74) is 0.918. The summed E-state index contributed by atoms with van der Waals surface area (Å²) in [5.74, 6) is 0. The van der Waals surface area contributed by atoms with Crippen molar-refractivity contribution in [3.05, 3.63) is 28.2 Å². The fourth-order valence-electron chi connectivity index (χ4n) is 1.74. The SMILES string of the molecule is Clc1cccc(NSC2CCCC2)c1Cl. The van der Waals surface area contributed by atoms with E-state index in [0.717, 1.165) is 10.9 Å². The number of nitrogens with one attached hydrogen (secondary N) is 1. The maximum absolute atomic E-state index is 6.07. The number of rotatable bonds is 3. The van der Waals surface area contributed by atoms with Crippen molar-refractivity contribution in [2.45, 2.75) is 30.9 Å². The van der Waals surface area contributed by atoms with Crippen LogP contribution in [0.1, 0.15) is 25.7 Å². The molecule has 0 unspecified atom stereocenters. The molecule has 0 aromatic heterocycles. The topological polar surface area (TPSA) is 12.0 Å². The maximum Gasteiger partial charge on any atom is 0.0832 e. The van der Waals surface area contributed by atoms with Crippen LogP contribution in [0.2, 0.25) is 10.0 Å². The van der Waals surface area contributed by atoms with Crippen molar-refractivity contribution in [2.24, 2.45) is 0 Å². The molecule has 0 atom stereocenters. The molecule has 0 saturated heterocycles. The van der Waals surface area contributed by atoms with Crippen molar-refractivity contribution in [1.29, 1.82) is 0 Å². The lowest BCUT2D eigenvalue weighted by molar-refractivity contribution is 0.886. The predicted molar refractivity (Wildman–Crippen MR) is 69.9 cm³/mol. The van der Waals surface area contributed by atoms with E-state index >= 15 is 0 Å². The Hall–Kier alpha value is -0.0500. The largest absolute Gasteiger partial charge is 0.328 e. The summed E-state index contributed by atoms with van der Waals surface area (Å²) in [4.78, 5) is 0. The summed E-state index contributed by atoms with van der Waals surface area (Å²) < 4.78 is 3.30. The average Bonchev–Trinajstić information content (AvgIpc) is 2.73. The van der Waals surface area contributed by atoms with E-state index in [2.05, 4.69) is 4.72 Å². The van der Waals surface area contributed by atoms with Crippen LogP contribution in [0, 0.1) is 0 Å². The summed E-state index contributed by atoms with van der Waals surface area (Å²) in [5, 5.41) is 1.94. The molecule has 0 spiro atoms. The molecule has 0 aliphatic heterocycles. The van der Waals surface area contributed by atoms with E-state index in [-0.39, 0.29) is 0 Å². The van der Waals surface area contributed by atoms with Crippen LogP contribution in [0.4, 0.5) is 5.69 Å². The highest BCUT2D eigenvalue weighted by Gasteiger charge is 2.16. The van der Waals surface area contributed by atoms with E-state index in [1.807, 2.05) is 12.1 Å². The Kier molecular flexibility index (Phi) is 4.06. The third-order valence-electron chi connectivity index (χ3n) is 2.59. The van der Waals surface area contributed by atoms with E-state index in [0.29, 0.717) is 10.0 Å². The van der Waals surface area contributed by atoms with Crippen LogP contribution in [-0.4, -0.2) is 5.25 Å². The molecule has 15 heavy (non-hydrogen) atoms. The molecule has 1 N–H and O–H groups in total. The first-order chi connectivity index (χ1) is 7.27. The molecule has 0 bridgehead atoms. The first kappa shape index (κ1) is 11.4. The predicted octanol–water partition coefficient (Wildman–Crippen LogP) is 5.00. The average molecular weight is 262 g/mol. The standard InChI is InChI=1S/C11H13Cl2NS/c12-9-6-3-7-10(11(9)13)14-15-8-4-1-2-5-8/h3,6-8,14H,1-2,4-5H2. The Bertz CT molecular complexity index is 337. The molecule has 82 valence electrons. The molecule has 1 saturated carbocycles. The fraction of sp³-hybridized carbons (Fsp3) is 0.455. The van der Waals surface area contributed by atoms with Crippen LogP contribution in [0.3, 0.4) is 0 Å². The summed E-state index contributed by atoms with van der Waals surface area (Å²) in [6.45, 7) is 0. The van der Waals surface area contributed by atoms with Crippen molar-refractivity contribution in [2.75, 3.05) is 4.72 Å². The number of hydrogen-bond acceptors (Lipinski definition) is 2. The third kappa shape index (κ3) is 2.96. The third-order valence-corrected chi connectivity index (χ3v) is 4.55. The van der Waals surface area contributed by atoms with Gasteiger partial charge < -0.3 is 4.72 Å². The first-order valence-corrected chi connectivity index (χ1v) is 6.76. The summed E-state index contributed by atoms with van der Waals surface area (Å²) in [6.07, 6.45) is 5.30. The highest BCUT2D eigenvalue weighted by atomic mass is 35.5. The van der Waals surface area contributed by atoms with Crippen molar-refractivity contribution in [1.82, 2.24) is 0 Å². The smallest absolute Gasteiger partial charge is 0.0832 e. The Morgan fingerprint density at radius 2 is 1.93 bits per heavy atom. The van der Waals surface area contributed by atoms with Gasteiger partial charge in [0.15, 0.2) is 0 Å². The number of hydrogen-bond donors (Lipinski definition) is 1. The second-order valence-electron chi connectivity index (χ2n) is 3.73. The zero-order valence-electron chi connectivity index (χ0n) is 8.30. The Morgan fingerprint density at radius 3 is 2.67 bits per heavy atom. The van der Waals surface area contributed by atoms with Gasteiger partial charge in [0.1, 0.15) is 0 Å². The molecule has 1 fully saturated rings. The number of benzene rings is 1. The van der Waals surface area contributed by atoms with Crippen LogP contribution in [0.15, 0.2) is 18.2 Å². The van der Waals surface area contributed by atoms with E-state index < -0.39 is 0 Å². The summed E-state index contributed by atoms with van der Waals surface area (Å²) in [6, 6.07) is 5.66. The van der Waals surface area contributed by atoms with Gasteiger partial charge in [-0.3, -0.25) is 0 Å². The minimum Gasteiger partial charge on any atom is -0.328 e. The molecule has 2 rings (SSSR count). The number of halogens is 2. The van der Waals surface area contributed by atoms with Gasteiger partial charge in [0, 0.05) is 5.25 Å². The van der Waals surface area contributed by atoms with E-state index in [9.17, 15) is 0 Å². The first-order valence-electron chi connectivity index (χ1n) is 5.13. The van der Waals surface area contributed by atoms with Crippen LogP contribution in [0.25, 0.3) is 0 Å². The zero-order valence-corrected chi connectivity index (χ0v) is 10.6. The zero-order chi connectivity index (χ0) is 10.7. The minimum atomic E-state index is 0.605. The lowest BCUT2D eigenvalue weighted by atomic mass is 10.3. The molecule has 0 heterocycles. The maximum atomic E-state index is 6.07. The molecule has 0 radical (unpaired) electrons. The highest BCUT2D eigenvalue weighted by Crippen LogP contribution is 2.34. The molecular weight excluding hydrogens is 249 g/mol. The van der Waals surface area contributed by atoms with Gasteiger partial charge in [-0.05, 0) is 36.9 Å². The van der Waals surface area contributed by atoms with Crippen LogP contribution < -0.4 is 4.72 Å². The van der Waals surface area contributed by atoms with Crippen molar-refractivity contribution >= 4 is 40.8 Å². The van der Waals surface area contributed by atoms with Crippen molar-refractivity contribution in [3.63, 3.8) is 0 Å². The fourth-order valence-corrected chi connectivity index (χ4v) is 3.17. The lowest BCUT2D eigenvalue weighted by Crippen LogP contribution is -1.99. The molecule has 1 nitrogen and oxygen atoms in total. The molecule has 1 aliphatic carbocycles. The molecule has 1 aromatic rings. The second-order valence-corrected chi connectivity index (χ2v) is 5.62. The molecule has 1 aliphatic rings. The van der Waals surface area contributed by atoms with Gasteiger partial charge in [-0.15, -0.1) is 0 Å². The van der Waals surface area contributed by atoms with Gasteiger partial charge in [-0.1, -0.05) is 42.1 Å². The molecule has 0 amide bonds. The molecule has 4 heteroatoms. The van der Waals surface area contributed by atoms with Gasteiger partial charge in [-0.2, -0.15) is 0 Å². The summed E-state index contributed by atoms with van der Waals surface area (Å²) in [7, 11) is 0. The summed E-state index contributed by atoms with van der Waals surface area (Å²) >= 11 is 13.8.